The van der Waals surface area contributed by atoms with E-state index in [1.807, 2.05) is 25.1 Å². The number of nitrogens with zero attached hydrogens (tertiary/aromatic N) is 2. The minimum atomic E-state index is 0.480. The summed E-state index contributed by atoms with van der Waals surface area (Å²) in [6.45, 7) is 6.40. The minimum Gasteiger partial charge on any atom is -0.491 e. The first-order valence-corrected chi connectivity index (χ1v) is 7.71. The molecule has 0 saturated carbocycles. The van der Waals surface area contributed by atoms with E-state index in [0.29, 0.717) is 12.5 Å². The number of aryl methyl sites for hydroxylation is 2. The van der Waals surface area contributed by atoms with Gasteiger partial charge in [-0.05, 0) is 31.5 Å². The molecule has 0 fully saturated rings. The molecular formula is C17H19ClN2O. The van der Waals surface area contributed by atoms with Crippen LogP contribution in [0.1, 0.15) is 22.4 Å². The fourth-order valence-corrected chi connectivity index (χ4v) is 3.11. The minimum absolute atomic E-state index is 0.480. The van der Waals surface area contributed by atoms with Crippen LogP contribution in [0.15, 0.2) is 30.3 Å². The van der Waals surface area contributed by atoms with Crippen LogP contribution in [-0.2, 0) is 12.4 Å². The molecule has 1 aromatic heterocycles. The number of aromatic nitrogens is 1. The second kappa shape index (κ2) is 5.94. The predicted octanol–water partition coefficient (Wildman–Crippen LogP) is 3.84. The van der Waals surface area contributed by atoms with Gasteiger partial charge in [0, 0.05) is 23.4 Å². The molecule has 1 aromatic carbocycles. The fraction of sp³-hybridized carbons (Fsp3) is 0.353. The van der Waals surface area contributed by atoms with Gasteiger partial charge in [0.2, 0.25) is 0 Å². The number of hydrogen-bond acceptors (Lipinski definition) is 3. The predicted molar refractivity (Wildman–Crippen MR) is 86.3 cm³/mol. The van der Waals surface area contributed by atoms with Gasteiger partial charge in [0.05, 0.1) is 12.4 Å². The smallest absolute Gasteiger partial charge is 0.133 e. The SMILES string of the molecule is Cc1cc(C)c(CCl)c(N2CCOc3ccccc3C2)n1. The normalized spacial score (nSPS) is 14.3. The molecule has 1 aliphatic heterocycles. The van der Waals surface area contributed by atoms with Gasteiger partial charge >= 0.3 is 0 Å². The largest absolute Gasteiger partial charge is 0.491 e. The number of ether oxygens (including phenoxy) is 1. The molecule has 0 saturated heterocycles. The zero-order chi connectivity index (χ0) is 14.8. The Hall–Kier alpha value is -1.74. The molecule has 0 radical (unpaired) electrons. The fourth-order valence-electron chi connectivity index (χ4n) is 2.78. The average molecular weight is 303 g/mol. The van der Waals surface area contributed by atoms with E-state index in [0.717, 1.165) is 35.9 Å². The van der Waals surface area contributed by atoms with E-state index in [-0.39, 0.29) is 0 Å². The van der Waals surface area contributed by atoms with Crippen LogP contribution in [0.5, 0.6) is 5.75 Å². The van der Waals surface area contributed by atoms with Gasteiger partial charge in [0.25, 0.3) is 0 Å². The van der Waals surface area contributed by atoms with E-state index in [4.69, 9.17) is 21.3 Å². The lowest BCUT2D eigenvalue weighted by Gasteiger charge is -2.24. The van der Waals surface area contributed by atoms with Crippen LogP contribution in [0.4, 0.5) is 5.82 Å². The molecule has 2 aromatic rings. The Morgan fingerprint density at radius 3 is 2.90 bits per heavy atom. The number of para-hydroxylation sites is 1. The van der Waals surface area contributed by atoms with Gasteiger partial charge in [-0.3, -0.25) is 0 Å². The topological polar surface area (TPSA) is 25.4 Å². The highest BCUT2D eigenvalue weighted by Crippen LogP contribution is 2.29. The van der Waals surface area contributed by atoms with Crippen LogP contribution in [0, 0.1) is 13.8 Å². The third kappa shape index (κ3) is 2.84. The highest BCUT2D eigenvalue weighted by atomic mass is 35.5. The number of anilines is 1. The summed E-state index contributed by atoms with van der Waals surface area (Å²) in [4.78, 5) is 7.00. The number of hydrogen-bond donors (Lipinski definition) is 0. The lowest BCUT2D eigenvalue weighted by atomic mass is 10.1. The summed E-state index contributed by atoms with van der Waals surface area (Å²) in [6.07, 6.45) is 0. The number of fused-ring (bicyclic) bond motifs is 1. The second-order valence-corrected chi connectivity index (χ2v) is 5.66. The lowest BCUT2D eigenvalue weighted by Crippen LogP contribution is -2.27. The quantitative estimate of drug-likeness (QED) is 0.788. The molecule has 0 unspecified atom stereocenters. The number of alkyl halides is 1. The second-order valence-electron chi connectivity index (χ2n) is 5.39. The number of pyridine rings is 1. The zero-order valence-electron chi connectivity index (χ0n) is 12.4. The van der Waals surface area contributed by atoms with Gasteiger partial charge in [-0.25, -0.2) is 4.98 Å². The highest BCUT2D eigenvalue weighted by molar-refractivity contribution is 6.17. The van der Waals surface area contributed by atoms with Crippen LogP contribution in [-0.4, -0.2) is 18.1 Å². The molecule has 0 bridgehead atoms. The summed E-state index contributed by atoms with van der Waals surface area (Å²) >= 11 is 6.15. The first-order chi connectivity index (χ1) is 10.2. The third-order valence-electron chi connectivity index (χ3n) is 3.84. The Labute approximate surface area is 130 Å². The molecule has 0 aliphatic carbocycles. The lowest BCUT2D eigenvalue weighted by molar-refractivity contribution is 0.331. The van der Waals surface area contributed by atoms with Crippen LogP contribution in [0.25, 0.3) is 0 Å². The van der Waals surface area contributed by atoms with Crippen LogP contribution < -0.4 is 9.64 Å². The van der Waals surface area contributed by atoms with E-state index in [1.165, 1.54) is 11.1 Å². The summed E-state index contributed by atoms with van der Waals surface area (Å²) in [5.41, 5.74) is 4.53. The number of benzene rings is 1. The molecule has 21 heavy (non-hydrogen) atoms. The van der Waals surface area contributed by atoms with E-state index in [9.17, 15) is 0 Å². The van der Waals surface area contributed by atoms with Gasteiger partial charge < -0.3 is 9.64 Å². The van der Waals surface area contributed by atoms with E-state index in [1.54, 1.807) is 0 Å². The average Bonchev–Trinajstić information content (AvgIpc) is 2.68. The summed E-state index contributed by atoms with van der Waals surface area (Å²) < 4.78 is 5.83. The van der Waals surface area contributed by atoms with Crippen molar-refractivity contribution in [1.82, 2.24) is 4.98 Å². The maximum Gasteiger partial charge on any atom is 0.133 e. The first-order valence-electron chi connectivity index (χ1n) is 7.18. The Balaban J connectivity index is 2.01. The van der Waals surface area contributed by atoms with Crippen molar-refractivity contribution in [2.24, 2.45) is 0 Å². The zero-order valence-corrected chi connectivity index (χ0v) is 13.2. The van der Waals surface area contributed by atoms with Gasteiger partial charge in [0.15, 0.2) is 0 Å². The van der Waals surface area contributed by atoms with Crippen LogP contribution in [0.2, 0.25) is 0 Å². The molecule has 0 N–H and O–H groups in total. The summed E-state index contributed by atoms with van der Waals surface area (Å²) in [7, 11) is 0. The molecular weight excluding hydrogens is 284 g/mol. The van der Waals surface area contributed by atoms with Crippen molar-refractivity contribution >= 4 is 17.4 Å². The molecule has 4 heteroatoms. The Morgan fingerprint density at radius 1 is 1.29 bits per heavy atom. The Kier molecular flexibility index (Phi) is 4.02. The molecule has 3 rings (SSSR count). The van der Waals surface area contributed by atoms with Crippen molar-refractivity contribution in [2.45, 2.75) is 26.3 Å². The maximum atomic E-state index is 6.15. The van der Waals surface area contributed by atoms with Crippen molar-refractivity contribution in [3.05, 3.63) is 52.7 Å². The van der Waals surface area contributed by atoms with Crippen molar-refractivity contribution < 1.29 is 4.74 Å². The maximum absolute atomic E-state index is 6.15. The van der Waals surface area contributed by atoms with Gasteiger partial charge in [0.1, 0.15) is 18.2 Å². The molecule has 110 valence electrons. The van der Waals surface area contributed by atoms with E-state index in [2.05, 4.69) is 24.0 Å². The molecule has 1 aliphatic rings. The van der Waals surface area contributed by atoms with Crippen molar-refractivity contribution in [3.8, 4) is 5.75 Å². The van der Waals surface area contributed by atoms with Crippen molar-refractivity contribution in [3.63, 3.8) is 0 Å². The summed E-state index contributed by atoms with van der Waals surface area (Å²) in [6, 6.07) is 10.3. The van der Waals surface area contributed by atoms with Gasteiger partial charge in [-0.2, -0.15) is 0 Å². The standard InChI is InChI=1S/C17H19ClN2O/c1-12-9-13(2)19-17(15(12)10-18)20-7-8-21-16-6-4-3-5-14(16)11-20/h3-6,9H,7-8,10-11H2,1-2H3. The van der Waals surface area contributed by atoms with Crippen molar-refractivity contribution in [2.75, 3.05) is 18.1 Å². The van der Waals surface area contributed by atoms with E-state index >= 15 is 0 Å². The van der Waals surface area contributed by atoms with E-state index < -0.39 is 0 Å². The first kappa shape index (κ1) is 14.2. The molecule has 2 heterocycles. The monoisotopic (exact) mass is 302 g/mol. The third-order valence-corrected chi connectivity index (χ3v) is 4.11. The van der Waals surface area contributed by atoms with Crippen LogP contribution in [0.3, 0.4) is 0 Å². The van der Waals surface area contributed by atoms with Gasteiger partial charge in [-0.1, -0.05) is 18.2 Å². The highest BCUT2D eigenvalue weighted by Gasteiger charge is 2.20. The summed E-state index contributed by atoms with van der Waals surface area (Å²) in [5, 5.41) is 0. The Morgan fingerprint density at radius 2 is 2.10 bits per heavy atom. The molecule has 0 amide bonds. The Bertz CT molecular complexity index is 657. The van der Waals surface area contributed by atoms with Crippen molar-refractivity contribution in [1.29, 1.82) is 0 Å². The molecule has 3 nitrogen and oxygen atoms in total. The van der Waals surface area contributed by atoms with Crippen LogP contribution >= 0.6 is 11.6 Å². The molecule has 0 atom stereocenters. The number of rotatable bonds is 2. The number of halogens is 1. The molecule has 0 spiro atoms. The summed E-state index contributed by atoms with van der Waals surface area (Å²) in [5.74, 6) is 2.44. The van der Waals surface area contributed by atoms with Gasteiger partial charge in [-0.15, -0.1) is 11.6 Å².